The van der Waals surface area contributed by atoms with Crippen molar-refractivity contribution in [2.75, 3.05) is 0 Å². The standard InChI is InChI=1S/C13H14F3N3/c1-19-7-6-9(18-19)8-12(17)10-4-2-3-5-11(10)13(14,15)16/h2-7,12H,8,17H2,1H3. The number of nitrogens with two attached hydrogens (primary N) is 1. The first kappa shape index (κ1) is 13.6. The first-order valence-corrected chi connectivity index (χ1v) is 5.78. The molecule has 0 amide bonds. The number of hydrogen-bond acceptors (Lipinski definition) is 2. The lowest BCUT2D eigenvalue weighted by atomic mass is 9.97. The minimum atomic E-state index is -4.39. The summed E-state index contributed by atoms with van der Waals surface area (Å²) >= 11 is 0. The molecule has 0 radical (unpaired) electrons. The molecule has 1 heterocycles. The van der Waals surface area contributed by atoms with Crippen molar-refractivity contribution in [3.05, 3.63) is 53.3 Å². The molecule has 0 fully saturated rings. The van der Waals surface area contributed by atoms with Crippen LogP contribution in [0.2, 0.25) is 0 Å². The largest absolute Gasteiger partial charge is 0.416 e. The van der Waals surface area contributed by atoms with Gasteiger partial charge in [-0.3, -0.25) is 4.68 Å². The molecule has 3 nitrogen and oxygen atoms in total. The monoisotopic (exact) mass is 269 g/mol. The van der Waals surface area contributed by atoms with Crippen molar-refractivity contribution in [2.45, 2.75) is 18.6 Å². The molecule has 2 N–H and O–H groups in total. The predicted octanol–water partition coefficient (Wildman–Crippen LogP) is 2.68. The minimum absolute atomic E-state index is 0.0978. The Bertz CT molecular complexity index is 560. The van der Waals surface area contributed by atoms with Gasteiger partial charge >= 0.3 is 6.18 Å². The average molecular weight is 269 g/mol. The van der Waals surface area contributed by atoms with Crippen LogP contribution in [0.25, 0.3) is 0 Å². The van der Waals surface area contributed by atoms with Gasteiger partial charge in [-0.05, 0) is 17.7 Å². The van der Waals surface area contributed by atoms with Gasteiger partial charge in [-0.15, -0.1) is 0 Å². The van der Waals surface area contributed by atoms with E-state index in [1.54, 1.807) is 30.1 Å². The summed E-state index contributed by atoms with van der Waals surface area (Å²) in [7, 11) is 1.75. The van der Waals surface area contributed by atoms with E-state index in [9.17, 15) is 13.2 Å². The zero-order valence-electron chi connectivity index (χ0n) is 10.4. The van der Waals surface area contributed by atoms with Crippen LogP contribution in [-0.4, -0.2) is 9.78 Å². The molecule has 0 saturated carbocycles. The summed E-state index contributed by atoms with van der Waals surface area (Å²) in [4.78, 5) is 0. The number of rotatable bonds is 3. The number of hydrogen-bond donors (Lipinski definition) is 1. The van der Waals surface area contributed by atoms with Gasteiger partial charge < -0.3 is 5.73 Å². The van der Waals surface area contributed by atoms with Crippen LogP contribution < -0.4 is 5.73 Å². The van der Waals surface area contributed by atoms with Crippen LogP contribution >= 0.6 is 0 Å². The number of aromatic nitrogens is 2. The number of halogens is 3. The number of benzene rings is 1. The molecule has 0 aliphatic heterocycles. The van der Waals surface area contributed by atoms with Gasteiger partial charge in [-0.2, -0.15) is 18.3 Å². The van der Waals surface area contributed by atoms with Gasteiger partial charge in [0.25, 0.3) is 0 Å². The normalized spacial score (nSPS) is 13.5. The van der Waals surface area contributed by atoms with Crippen LogP contribution in [0.3, 0.4) is 0 Å². The highest BCUT2D eigenvalue weighted by Gasteiger charge is 2.34. The summed E-state index contributed by atoms with van der Waals surface area (Å²) in [5, 5.41) is 4.12. The van der Waals surface area contributed by atoms with Crippen molar-refractivity contribution in [1.82, 2.24) is 9.78 Å². The predicted molar refractivity (Wildman–Crippen MR) is 65.3 cm³/mol. The summed E-state index contributed by atoms with van der Waals surface area (Å²) in [6.45, 7) is 0. The van der Waals surface area contributed by atoms with Crippen LogP contribution in [0, 0.1) is 0 Å². The highest BCUT2D eigenvalue weighted by Crippen LogP contribution is 2.34. The van der Waals surface area contributed by atoms with Crippen LogP contribution in [0.5, 0.6) is 0 Å². The fourth-order valence-corrected chi connectivity index (χ4v) is 1.99. The molecule has 0 aliphatic rings. The lowest BCUT2D eigenvalue weighted by Gasteiger charge is -2.17. The number of aryl methyl sites for hydroxylation is 1. The van der Waals surface area contributed by atoms with Gasteiger partial charge in [0.05, 0.1) is 11.3 Å². The van der Waals surface area contributed by atoms with Crippen molar-refractivity contribution in [2.24, 2.45) is 12.8 Å². The molecule has 0 aliphatic carbocycles. The highest BCUT2D eigenvalue weighted by atomic mass is 19.4. The molecule has 1 aromatic heterocycles. The van der Waals surface area contributed by atoms with Gasteiger partial charge in [0.2, 0.25) is 0 Å². The molecule has 2 aromatic rings. The van der Waals surface area contributed by atoms with E-state index < -0.39 is 17.8 Å². The quantitative estimate of drug-likeness (QED) is 0.931. The van der Waals surface area contributed by atoms with Crippen molar-refractivity contribution in [1.29, 1.82) is 0 Å². The molecule has 102 valence electrons. The molecular formula is C13H14F3N3. The van der Waals surface area contributed by atoms with E-state index in [2.05, 4.69) is 5.10 Å². The lowest BCUT2D eigenvalue weighted by Crippen LogP contribution is -2.19. The Kier molecular flexibility index (Phi) is 3.61. The van der Waals surface area contributed by atoms with Crippen molar-refractivity contribution < 1.29 is 13.2 Å². The second-order valence-electron chi connectivity index (χ2n) is 4.38. The molecule has 1 atom stereocenters. The van der Waals surface area contributed by atoms with E-state index in [0.717, 1.165) is 6.07 Å². The first-order valence-electron chi connectivity index (χ1n) is 5.78. The second kappa shape index (κ2) is 5.05. The second-order valence-corrected chi connectivity index (χ2v) is 4.38. The van der Waals surface area contributed by atoms with Crippen LogP contribution in [0.4, 0.5) is 13.2 Å². The van der Waals surface area contributed by atoms with Gasteiger partial charge in [0.15, 0.2) is 0 Å². The van der Waals surface area contributed by atoms with E-state index >= 15 is 0 Å². The zero-order chi connectivity index (χ0) is 14.0. The Morgan fingerprint density at radius 3 is 2.53 bits per heavy atom. The Morgan fingerprint density at radius 2 is 1.95 bits per heavy atom. The first-order chi connectivity index (χ1) is 8.88. The molecule has 0 spiro atoms. The summed E-state index contributed by atoms with van der Waals surface area (Å²) in [5.74, 6) is 0. The van der Waals surface area contributed by atoms with Gasteiger partial charge in [-0.25, -0.2) is 0 Å². The SMILES string of the molecule is Cn1ccc(CC(N)c2ccccc2C(F)(F)F)n1. The zero-order valence-corrected chi connectivity index (χ0v) is 10.4. The molecule has 1 unspecified atom stereocenters. The Balaban J connectivity index is 2.26. The molecule has 0 bridgehead atoms. The summed E-state index contributed by atoms with van der Waals surface area (Å²) in [5.41, 5.74) is 5.97. The Labute approximate surface area is 108 Å². The number of alkyl halides is 3. The molecule has 0 saturated heterocycles. The third-order valence-electron chi connectivity index (χ3n) is 2.86. The van der Waals surface area contributed by atoms with Crippen LogP contribution in [0.1, 0.15) is 22.9 Å². The van der Waals surface area contributed by atoms with E-state index in [1.807, 2.05) is 0 Å². The topological polar surface area (TPSA) is 43.8 Å². The minimum Gasteiger partial charge on any atom is -0.324 e. The van der Waals surface area contributed by atoms with E-state index in [0.29, 0.717) is 5.69 Å². The lowest BCUT2D eigenvalue weighted by molar-refractivity contribution is -0.138. The summed E-state index contributed by atoms with van der Waals surface area (Å²) < 4.78 is 40.2. The van der Waals surface area contributed by atoms with Gasteiger partial charge in [0, 0.05) is 25.7 Å². The van der Waals surface area contributed by atoms with Crippen molar-refractivity contribution >= 4 is 0 Å². The maximum Gasteiger partial charge on any atom is 0.416 e. The van der Waals surface area contributed by atoms with Crippen molar-refractivity contribution in [3.63, 3.8) is 0 Å². The molecule has 1 aromatic carbocycles. The average Bonchev–Trinajstić information content (AvgIpc) is 2.73. The Hall–Kier alpha value is -1.82. The smallest absolute Gasteiger partial charge is 0.324 e. The molecule has 6 heteroatoms. The van der Waals surface area contributed by atoms with E-state index in [4.69, 9.17) is 5.73 Å². The maximum atomic E-state index is 12.9. The van der Waals surface area contributed by atoms with E-state index in [-0.39, 0.29) is 12.0 Å². The molecule has 19 heavy (non-hydrogen) atoms. The maximum absolute atomic E-state index is 12.9. The van der Waals surface area contributed by atoms with E-state index in [1.165, 1.54) is 12.1 Å². The fourth-order valence-electron chi connectivity index (χ4n) is 1.99. The van der Waals surface area contributed by atoms with Gasteiger partial charge in [-0.1, -0.05) is 18.2 Å². The third kappa shape index (κ3) is 3.14. The van der Waals surface area contributed by atoms with Gasteiger partial charge in [0.1, 0.15) is 0 Å². The third-order valence-corrected chi connectivity index (χ3v) is 2.86. The Morgan fingerprint density at radius 1 is 1.26 bits per heavy atom. The van der Waals surface area contributed by atoms with Crippen molar-refractivity contribution in [3.8, 4) is 0 Å². The van der Waals surface area contributed by atoms with Crippen LogP contribution in [-0.2, 0) is 19.6 Å². The summed E-state index contributed by atoms with van der Waals surface area (Å²) in [6, 6.07) is 6.40. The number of nitrogens with zero attached hydrogens (tertiary/aromatic N) is 2. The molecule has 2 rings (SSSR count). The summed E-state index contributed by atoms with van der Waals surface area (Å²) in [6.07, 6.45) is -2.38. The van der Waals surface area contributed by atoms with Crippen LogP contribution in [0.15, 0.2) is 36.5 Å². The molecular weight excluding hydrogens is 255 g/mol. The fraction of sp³-hybridized carbons (Fsp3) is 0.308. The highest BCUT2D eigenvalue weighted by molar-refractivity contribution is 5.32.